The molecule has 8 heteroatoms. The molecule has 1 aliphatic heterocycles. The molecule has 0 bridgehead atoms. The number of methoxy groups -OCH3 is 1. The summed E-state index contributed by atoms with van der Waals surface area (Å²) in [6.45, 7) is 3.90. The van der Waals surface area contributed by atoms with E-state index in [9.17, 15) is 4.79 Å². The Kier molecular flexibility index (Phi) is 6.22. The fourth-order valence-corrected chi connectivity index (χ4v) is 4.50. The molecular weight excluding hydrogens is 452 g/mol. The van der Waals surface area contributed by atoms with E-state index in [0.717, 1.165) is 46.1 Å². The van der Waals surface area contributed by atoms with Gasteiger partial charge in [0.25, 0.3) is 5.91 Å². The Bertz CT molecular complexity index is 984. The van der Waals surface area contributed by atoms with Crippen LogP contribution in [0, 0.1) is 0 Å². The minimum Gasteiger partial charge on any atom is -0.497 e. The van der Waals surface area contributed by atoms with Crippen molar-refractivity contribution in [1.82, 2.24) is 19.8 Å². The van der Waals surface area contributed by atoms with Crippen LogP contribution < -0.4 is 4.74 Å². The quantitative estimate of drug-likeness (QED) is 0.562. The third kappa shape index (κ3) is 4.83. The predicted octanol–water partition coefficient (Wildman–Crippen LogP) is 3.93. The Morgan fingerprint density at radius 3 is 2.62 bits per heavy atom. The summed E-state index contributed by atoms with van der Waals surface area (Å²) >= 11 is 5.05. The van der Waals surface area contributed by atoms with Crippen molar-refractivity contribution in [3.05, 3.63) is 63.1 Å². The van der Waals surface area contributed by atoms with Gasteiger partial charge < -0.3 is 9.64 Å². The zero-order valence-corrected chi connectivity index (χ0v) is 18.4. The van der Waals surface area contributed by atoms with Crippen molar-refractivity contribution in [3.63, 3.8) is 0 Å². The Hall–Kier alpha value is -2.29. The van der Waals surface area contributed by atoms with E-state index in [4.69, 9.17) is 9.72 Å². The topological polar surface area (TPSA) is 58.6 Å². The number of halogens is 1. The first-order valence-electron chi connectivity index (χ1n) is 9.33. The zero-order valence-electron chi connectivity index (χ0n) is 16.0. The van der Waals surface area contributed by atoms with E-state index >= 15 is 0 Å². The van der Waals surface area contributed by atoms with Crippen LogP contribution in [0.5, 0.6) is 5.75 Å². The van der Waals surface area contributed by atoms with E-state index in [0.29, 0.717) is 18.7 Å². The van der Waals surface area contributed by atoms with Crippen molar-refractivity contribution in [2.75, 3.05) is 33.3 Å². The highest BCUT2D eigenvalue weighted by Crippen LogP contribution is 2.25. The summed E-state index contributed by atoms with van der Waals surface area (Å²) in [5.41, 5.74) is 2.70. The average Bonchev–Trinajstić information content (AvgIpc) is 3.22. The maximum atomic E-state index is 12.7. The van der Waals surface area contributed by atoms with Gasteiger partial charge in [-0.1, -0.05) is 0 Å². The Labute approximate surface area is 182 Å². The lowest BCUT2D eigenvalue weighted by Crippen LogP contribution is -2.48. The molecule has 0 aliphatic carbocycles. The summed E-state index contributed by atoms with van der Waals surface area (Å²) in [6, 6.07) is 9.77. The van der Waals surface area contributed by atoms with Gasteiger partial charge in [-0.05, 0) is 46.3 Å². The summed E-state index contributed by atoms with van der Waals surface area (Å²) in [5, 5.41) is 3.18. The first-order valence-corrected chi connectivity index (χ1v) is 11.0. The average molecular weight is 473 g/mol. The van der Waals surface area contributed by atoms with Crippen molar-refractivity contribution >= 4 is 33.2 Å². The van der Waals surface area contributed by atoms with E-state index in [2.05, 4.69) is 31.2 Å². The second-order valence-electron chi connectivity index (χ2n) is 6.82. The van der Waals surface area contributed by atoms with E-state index in [1.807, 2.05) is 35.2 Å². The van der Waals surface area contributed by atoms with Crippen LogP contribution in [0.4, 0.5) is 0 Å². The van der Waals surface area contributed by atoms with E-state index in [1.54, 1.807) is 30.8 Å². The van der Waals surface area contributed by atoms with Crippen LogP contribution in [0.25, 0.3) is 11.3 Å². The standard InChI is InChI=1S/C21H21BrN4O2S/c1-28-18-4-2-15(3-5-18)19-14-29-20(24-19)13-25-6-8-26(9-7-25)21(27)16-10-17(22)12-23-11-16/h2-5,10-12,14H,6-9,13H2,1H3. The van der Waals surface area contributed by atoms with Gasteiger partial charge in [-0.25, -0.2) is 4.98 Å². The summed E-state index contributed by atoms with van der Waals surface area (Å²) in [7, 11) is 1.67. The number of rotatable bonds is 5. The molecule has 1 aliphatic rings. The van der Waals surface area contributed by atoms with Crippen LogP contribution in [-0.2, 0) is 6.54 Å². The van der Waals surface area contributed by atoms with Crippen LogP contribution in [0.1, 0.15) is 15.4 Å². The number of piperazine rings is 1. The van der Waals surface area contributed by atoms with Gasteiger partial charge in [-0.2, -0.15) is 0 Å². The Balaban J connectivity index is 1.33. The fourth-order valence-electron chi connectivity index (χ4n) is 3.29. The molecule has 4 rings (SSSR count). The van der Waals surface area contributed by atoms with Crippen molar-refractivity contribution in [2.24, 2.45) is 0 Å². The second kappa shape index (κ2) is 9.02. The van der Waals surface area contributed by atoms with Crippen molar-refractivity contribution in [3.8, 4) is 17.0 Å². The molecule has 0 atom stereocenters. The lowest BCUT2D eigenvalue weighted by Gasteiger charge is -2.34. The van der Waals surface area contributed by atoms with Crippen LogP contribution in [0.2, 0.25) is 0 Å². The molecule has 3 aromatic rings. The van der Waals surface area contributed by atoms with Gasteiger partial charge in [0, 0.05) is 54.0 Å². The molecule has 1 saturated heterocycles. The number of hydrogen-bond acceptors (Lipinski definition) is 6. The normalized spacial score (nSPS) is 14.8. The molecule has 150 valence electrons. The molecule has 1 amide bonds. The largest absolute Gasteiger partial charge is 0.497 e. The van der Waals surface area contributed by atoms with Gasteiger partial charge in [0.15, 0.2) is 0 Å². The molecule has 1 fully saturated rings. The monoisotopic (exact) mass is 472 g/mol. The van der Waals surface area contributed by atoms with Crippen molar-refractivity contribution in [2.45, 2.75) is 6.54 Å². The molecular formula is C21H21BrN4O2S. The van der Waals surface area contributed by atoms with Crippen LogP contribution in [0.15, 0.2) is 52.6 Å². The molecule has 0 saturated carbocycles. The number of pyridine rings is 1. The van der Waals surface area contributed by atoms with Gasteiger partial charge in [0.2, 0.25) is 0 Å². The molecule has 3 heterocycles. The number of hydrogen-bond donors (Lipinski definition) is 0. The highest BCUT2D eigenvalue weighted by Gasteiger charge is 2.23. The highest BCUT2D eigenvalue weighted by molar-refractivity contribution is 9.10. The SMILES string of the molecule is COc1ccc(-c2csc(CN3CCN(C(=O)c4cncc(Br)c4)CC3)n2)cc1. The molecule has 0 spiro atoms. The zero-order chi connectivity index (χ0) is 20.2. The first-order chi connectivity index (χ1) is 14.1. The Morgan fingerprint density at radius 1 is 1.17 bits per heavy atom. The minimum atomic E-state index is 0.0366. The Morgan fingerprint density at radius 2 is 1.93 bits per heavy atom. The molecule has 6 nitrogen and oxygen atoms in total. The molecule has 2 aromatic heterocycles. The smallest absolute Gasteiger partial charge is 0.255 e. The summed E-state index contributed by atoms with van der Waals surface area (Å²) in [5.74, 6) is 0.879. The lowest BCUT2D eigenvalue weighted by atomic mass is 10.2. The number of nitrogens with zero attached hydrogens (tertiary/aromatic N) is 4. The van der Waals surface area contributed by atoms with Gasteiger partial charge in [0.05, 0.1) is 24.9 Å². The first kappa shape index (κ1) is 20.0. The third-order valence-electron chi connectivity index (χ3n) is 4.91. The van der Waals surface area contributed by atoms with E-state index in [-0.39, 0.29) is 5.91 Å². The number of benzene rings is 1. The number of aromatic nitrogens is 2. The van der Waals surface area contributed by atoms with Crippen molar-refractivity contribution < 1.29 is 9.53 Å². The number of amides is 1. The summed E-state index contributed by atoms with van der Waals surface area (Å²) in [4.78, 5) is 25.8. The second-order valence-corrected chi connectivity index (χ2v) is 8.67. The van der Waals surface area contributed by atoms with Crippen LogP contribution in [0.3, 0.4) is 0 Å². The third-order valence-corrected chi connectivity index (χ3v) is 6.17. The number of ether oxygens (including phenoxy) is 1. The molecule has 29 heavy (non-hydrogen) atoms. The van der Waals surface area contributed by atoms with Crippen LogP contribution in [-0.4, -0.2) is 59.0 Å². The fraction of sp³-hybridized carbons (Fsp3) is 0.286. The summed E-state index contributed by atoms with van der Waals surface area (Å²) in [6.07, 6.45) is 3.30. The van der Waals surface area contributed by atoms with Gasteiger partial charge in [-0.3, -0.25) is 14.7 Å². The molecule has 1 aromatic carbocycles. The highest BCUT2D eigenvalue weighted by atomic mass is 79.9. The van der Waals surface area contributed by atoms with Gasteiger partial charge in [0.1, 0.15) is 10.8 Å². The van der Waals surface area contributed by atoms with Crippen molar-refractivity contribution in [1.29, 1.82) is 0 Å². The number of carbonyl (C=O) groups is 1. The maximum Gasteiger partial charge on any atom is 0.255 e. The van der Waals surface area contributed by atoms with Gasteiger partial charge in [-0.15, -0.1) is 11.3 Å². The van der Waals surface area contributed by atoms with E-state index in [1.165, 1.54) is 0 Å². The molecule has 0 unspecified atom stereocenters. The lowest BCUT2D eigenvalue weighted by molar-refractivity contribution is 0.0628. The van der Waals surface area contributed by atoms with Gasteiger partial charge >= 0.3 is 0 Å². The number of carbonyl (C=O) groups excluding carboxylic acids is 1. The van der Waals surface area contributed by atoms with Crippen LogP contribution >= 0.6 is 27.3 Å². The minimum absolute atomic E-state index is 0.0366. The molecule has 0 radical (unpaired) electrons. The number of thiazole rings is 1. The predicted molar refractivity (Wildman–Crippen MR) is 117 cm³/mol. The molecule has 0 N–H and O–H groups in total. The maximum absolute atomic E-state index is 12.7. The van der Waals surface area contributed by atoms with E-state index < -0.39 is 0 Å². The summed E-state index contributed by atoms with van der Waals surface area (Å²) < 4.78 is 6.03.